The van der Waals surface area contributed by atoms with E-state index in [1.807, 2.05) is 12.1 Å². The SMILES string of the molecule is CS(=O)(=O)NC[C@@H]1CCCN(C(=O)c2cccc(OC[C@@H]3CCCO3)c2)C1. The van der Waals surface area contributed by atoms with Gasteiger partial charge in [-0.3, -0.25) is 4.79 Å². The second-order valence-corrected chi connectivity index (χ2v) is 9.19. The first kappa shape index (κ1) is 20.1. The number of sulfonamides is 1. The van der Waals surface area contributed by atoms with Crippen LogP contribution < -0.4 is 9.46 Å². The van der Waals surface area contributed by atoms with Crippen LogP contribution in [-0.2, 0) is 14.8 Å². The standard InChI is InChI=1S/C19H28N2O5S/c1-27(23,24)20-12-15-5-3-9-21(13-15)19(22)16-6-2-7-17(11-16)26-14-18-8-4-10-25-18/h2,6-7,11,15,18,20H,3-5,8-10,12-14H2,1H3/t15-,18-/m0/s1. The van der Waals surface area contributed by atoms with Crippen molar-refractivity contribution in [1.29, 1.82) is 0 Å². The maximum absolute atomic E-state index is 12.9. The van der Waals surface area contributed by atoms with E-state index in [-0.39, 0.29) is 17.9 Å². The lowest BCUT2D eigenvalue weighted by atomic mass is 9.97. The number of nitrogens with one attached hydrogen (secondary N) is 1. The monoisotopic (exact) mass is 396 g/mol. The largest absolute Gasteiger partial charge is 0.491 e. The third-order valence-electron chi connectivity index (χ3n) is 4.98. The van der Waals surface area contributed by atoms with E-state index < -0.39 is 10.0 Å². The molecule has 0 saturated carbocycles. The highest BCUT2D eigenvalue weighted by Crippen LogP contribution is 2.21. The quantitative estimate of drug-likeness (QED) is 0.757. The summed E-state index contributed by atoms with van der Waals surface area (Å²) in [6.45, 7) is 2.90. The summed E-state index contributed by atoms with van der Waals surface area (Å²) in [6.07, 6.45) is 5.15. The molecule has 0 spiro atoms. The van der Waals surface area contributed by atoms with Gasteiger partial charge in [-0.25, -0.2) is 13.1 Å². The minimum absolute atomic E-state index is 0.0402. The molecule has 3 rings (SSSR count). The first-order valence-electron chi connectivity index (χ1n) is 9.49. The lowest BCUT2D eigenvalue weighted by Gasteiger charge is -2.33. The minimum Gasteiger partial charge on any atom is -0.491 e. The highest BCUT2D eigenvalue weighted by atomic mass is 32.2. The summed E-state index contributed by atoms with van der Waals surface area (Å²) in [4.78, 5) is 14.7. The van der Waals surface area contributed by atoms with Crippen molar-refractivity contribution in [3.63, 3.8) is 0 Å². The summed E-state index contributed by atoms with van der Waals surface area (Å²) < 4.78 is 36.5. The maximum Gasteiger partial charge on any atom is 0.253 e. The van der Waals surface area contributed by atoms with Crippen LogP contribution >= 0.6 is 0 Å². The Balaban J connectivity index is 1.56. The number of hydrogen-bond acceptors (Lipinski definition) is 5. The fraction of sp³-hybridized carbons (Fsp3) is 0.632. The number of amides is 1. The highest BCUT2D eigenvalue weighted by Gasteiger charge is 2.25. The van der Waals surface area contributed by atoms with Crippen molar-refractivity contribution >= 4 is 15.9 Å². The first-order valence-corrected chi connectivity index (χ1v) is 11.4. The predicted octanol–water partition coefficient (Wildman–Crippen LogP) is 1.65. The Hall–Kier alpha value is -1.64. The van der Waals surface area contributed by atoms with Gasteiger partial charge in [-0.05, 0) is 49.8 Å². The molecule has 0 aliphatic carbocycles. The number of likely N-dealkylation sites (tertiary alicyclic amines) is 1. The summed E-state index contributed by atoms with van der Waals surface area (Å²) >= 11 is 0. The molecule has 0 unspecified atom stereocenters. The van der Waals surface area contributed by atoms with Gasteiger partial charge in [0, 0.05) is 31.8 Å². The third-order valence-corrected chi connectivity index (χ3v) is 5.67. The zero-order chi connectivity index (χ0) is 19.3. The Morgan fingerprint density at radius 2 is 2.19 bits per heavy atom. The second-order valence-electron chi connectivity index (χ2n) is 7.35. The van der Waals surface area contributed by atoms with Crippen molar-refractivity contribution in [3.05, 3.63) is 29.8 Å². The topological polar surface area (TPSA) is 84.9 Å². The molecule has 2 aliphatic heterocycles. The second kappa shape index (κ2) is 9.03. The molecule has 150 valence electrons. The highest BCUT2D eigenvalue weighted by molar-refractivity contribution is 7.88. The van der Waals surface area contributed by atoms with Crippen LogP contribution in [0.4, 0.5) is 0 Å². The average Bonchev–Trinajstić information content (AvgIpc) is 3.18. The van der Waals surface area contributed by atoms with E-state index >= 15 is 0 Å². The fourth-order valence-electron chi connectivity index (χ4n) is 3.55. The number of piperidine rings is 1. The Bertz CT molecular complexity index is 746. The molecule has 1 N–H and O–H groups in total. The van der Waals surface area contributed by atoms with Crippen LogP contribution in [0.15, 0.2) is 24.3 Å². The number of rotatable bonds is 7. The summed E-state index contributed by atoms with van der Waals surface area (Å²) in [5.74, 6) is 0.765. The van der Waals surface area contributed by atoms with Crippen LogP contribution in [0.5, 0.6) is 5.75 Å². The molecular weight excluding hydrogens is 368 g/mol. The van der Waals surface area contributed by atoms with Gasteiger partial charge in [0.05, 0.1) is 12.4 Å². The lowest BCUT2D eigenvalue weighted by molar-refractivity contribution is 0.0664. The summed E-state index contributed by atoms with van der Waals surface area (Å²) in [5.41, 5.74) is 0.594. The number of carbonyl (C=O) groups excluding carboxylic acids is 1. The Kier molecular flexibility index (Phi) is 6.73. The van der Waals surface area contributed by atoms with Gasteiger partial charge in [-0.15, -0.1) is 0 Å². The van der Waals surface area contributed by atoms with E-state index in [9.17, 15) is 13.2 Å². The van der Waals surface area contributed by atoms with Crippen LogP contribution in [0, 0.1) is 5.92 Å². The predicted molar refractivity (Wildman–Crippen MR) is 102 cm³/mol. The van der Waals surface area contributed by atoms with Gasteiger partial charge in [0.15, 0.2) is 0 Å². The van der Waals surface area contributed by atoms with Crippen LogP contribution in [0.25, 0.3) is 0 Å². The van der Waals surface area contributed by atoms with E-state index in [1.54, 1.807) is 17.0 Å². The van der Waals surface area contributed by atoms with Crippen LogP contribution in [-0.4, -0.2) is 64.4 Å². The van der Waals surface area contributed by atoms with E-state index in [0.29, 0.717) is 37.6 Å². The van der Waals surface area contributed by atoms with Crippen molar-refractivity contribution in [1.82, 2.24) is 9.62 Å². The minimum atomic E-state index is -3.21. The molecule has 1 amide bonds. The smallest absolute Gasteiger partial charge is 0.253 e. The lowest BCUT2D eigenvalue weighted by Crippen LogP contribution is -2.43. The molecule has 27 heavy (non-hydrogen) atoms. The number of hydrogen-bond donors (Lipinski definition) is 1. The van der Waals surface area contributed by atoms with E-state index in [4.69, 9.17) is 9.47 Å². The molecule has 8 heteroatoms. The van der Waals surface area contributed by atoms with Crippen molar-refractivity contribution in [2.75, 3.05) is 39.1 Å². The van der Waals surface area contributed by atoms with Crippen molar-refractivity contribution in [2.24, 2.45) is 5.92 Å². The molecule has 2 aliphatic rings. The Morgan fingerprint density at radius 3 is 2.93 bits per heavy atom. The molecule has 7 nitrogen and oxygen atoms in total. The van der Waals surface area contributed by atoms with Crippen molar-refractivity contribution < 1.29 is 22.7 Å². The van der Waals surface area contributed by atoms with Crippen LogP contribution in [0.3, 0.4) is 0 Å². The van der Waals surface area contributed by atoms with Crippen molar-refractivity contribution in [3.8, 4) is 5.75 Å². The molecular formula is C19H28N2O5S. The molecule has 1 aromatic rings. The summed E-state index contributed by atoms with van der Waals surface area (Å²) in [6, 6.07) is 7.24. The molecule has 0 bridgehead atoms. The van der Waals surface area contributed by atoms with E-state index in [2.05, 4.69) is 4.72 Å². The summed E-state index contributed by atoms with van der Waals surface area (Å²) in [7, 11) is -3.21. The van der Waals surface area contributed by atoms with Gasteiger partial charge in [0.1, 0.15) is 12.4 Å². The molecule has 0 aromatic heterocycles. The van der Waals surface area contributed by atoms with Gasteiger partial charge in [0.2, 0.25) is 10.0 Å². The third kappa shape index (κ3) is 6.19. The van der Waals surface area contributed by atoms with Crippen LogP contribution in [0.1, 0.15) is 36.0 Å². The molecule has 2 heterocycles. The molecule has 2 fully saturated rings. The Morgan fingerprint density at radius 1 is 1.33 bits per heavy atom. The molecule has 1 aromatic carbocycles. The number of nitrogens with zero attached hydrogens (tertiary/aromatic N) is 1. The van der Waals surface area contributed by atoms with E-state index in [0.717, 1.165) is 38.5 Å². The zero-order valence-corrected chi connectivity index (χ0v) is 16.5. The van der Waals surface area contributed by atoms with Crippen molar-refractivity contribution in [2.45, 2.75) is 31.8 Å². The van der Waals surface area contributed by atoms with Gasteiger partial charge >= 0.3 is 0 Å². The summed E-state index contributed by atoms with van der Waals surface area (Å²) in [5, 5.41) is 0. The van der Waals surface area contributed by atoms with Gasteiger partial charge < -0.3 is 14.4 Å². The molecule has 2 atom stereocenters. The molecule has 2 saturated heterocycles. The van der Waals surface area contributed by atoms with Crippen LogP contribution in [0.2, 0.25) is 0 Å². The fourth-order valence-corrected chi connectivity index (χ4v) is 4.09. The number of benzene rings is 1. The normalized spacial score (nSPS) is 23.4. The molecule has 0 radical (unpaired) electrons. The van der Waals surface area contributed by atoms with E-state index in [1.165, 1.54) is 0 Å². The maximum atomic E-state index is 12.9. The average molecular weight is 397 g/mol. The van der Waals surface area contributed by atoms with Gasteiger partial charge in [-0.2, -0.15) is 0 Å². The first-order chi connectivity index (χ1) is 12.9. The zero-order valence-electron chi connectivity index (χ0n) is 15.7. The van der Waals surface area contributed by atoms with Gasteiger partial charge in [0.25, 0.3) is 5.91 Å². The Labute approximate surface area is 161 Å². The number of ether oxygens (including phenoxy) is 2. The number of carbonyl (C=O) groups is 1. The van der Waals surface area contributed by atoms with Gasteiger partial charge in [-0.1, -0.05) is 6.07 Å².